The number of phenolic OH excluding ortho intramolecular Hbond substituents is 1. The molecule has 3 rings (SSSR count). The quantitative estimate of drug-likeness (QED) is 0.879. The third-order valence-electron chi connectivity index (χ3n) is 4.77. The van der Waals surface area contributed by atoms with Crippen molar-refractivity contribution in [2.24, 2.45) is 5.92 Å². The average molecular weight is 263 g/mol. The molecule has 1 heterocycles. The van der Waals surface area contributed by atoms with Gasteiger partial charge in [0.05, 0.1) is 0 Å². The Hall–Kier alpha value is -1.09. The molecule has 0 unspecified atom stereocenters. The van der Waals surface area contributed by atoms with Crippen molar-refractivity contribution in [3.8, 4) is 5.75 Å². The number of halogens is 1. The van der Waals surface area contributed by atoms with Gasteiger partial charge in [0.15, 0.2) is 0 Å². The fourth-order valence-corrected chi connectivity index (χ4v) is 3.82. The van der Waals surface area contributed by atoms with Crippen LogP contribution in [0.4, 0.5) is 4.39 Å². The van der Waals surface area contributed by atoms with E-state index < -0.39 is 0 Å². The van der Waals surface area contributed by atoms with Gasteiger partial charge >= 0.3 is 0 Å². The number of rotatable bonds is 2. The maximum absolute atomic E-state index is 13.3. The Labute approximate surface area is 114 Å². The van der Waals surface area contributed by atoms with E-state index in [2.05, 4.69) is 4.90 Å². The summed E-state index contributed by atoms with van der Waals surface area (Å²) in [6.45, 7) is 1.77. The first-order valence-corrected chi connectivity index (χ1v) is 7.45. The van der Waals surface area contributed by atoms with Crippen molar-refractivity contribution in [2.45, 2.75) is 51.1 Å². The molecule has 19 heavy (non-hydrogen) atoms. The molecule has 2 nitrogen and oxygen atoms in total. The van der Waals surface area contributed by atoms with Crippen LogP contribution in [0.2, 0.25) is 0 Å². The normalized spacial score (nSPS) is 28.1. The van der Waals surface area contributed by atoms with Crippen LogP contribution < -0.4 is 0 Å². The van der Waals surface area contributed by atoms with Crippen LogP contribution in [0, 0.1) is 11.7 Å². The van der Waals surface area contributed by atoms with Crippen LogP contribution in [0.1, 0.15) is 44.1 Å². The van der Waals surface area contributed by atoms with Crippen molar-refractivity contribution in [1.29, 1.82) is 0 Å². The number of hydrogen-bond donors (Lipinski definition) is 1. The van der Waals surface area contributed by atoms with E-state index >= 15 is 0 Å². The molecule has 0 aromatic heterocycles. The second-order valence-electron chi connectivity index (χ2n) is 6.00. The fraction of sp³-hybridized carbons (Fsp3) is 0.625. The Morgan fingerprint density at radius 2 is 1.95 bits per heavy atom. The summed E-state index contributed by atoms with van der Waals surface area (Å²) in [4.78, 5) is 2.46. The summed E-state index contributed by atoms with van der Waals surface area (Å²) < 4.78 is 13.3. The number of likely N-dealkylation sites (tertiary alicyclic amines) is 1. The van der Waals surface area contributed by atoms with Gasteiger partial charge in [-0.05, 0) is 56.3 Å². The van der Waals surface area contributed by atoms with E-state index in [1.165, 1.54) is 56.7 Å². The molecule has 1 aromatic carbocycles. The SMILES string of the molecule is Oc1ccc(F)cc1CN1CCC[C@H]2CCCC[C@H]21. The summed E-state index contributed by atoms with van der Waals surface area (Å²) >= 11 is 0. The van der Waals surface area contributed by atoms with Gasteiger partial charge in [-0.25, -0.2) is 4.39 Å². The second kappa shape index (κ2) is 5.49. The van der Waals surface area contributed by atoms with Crippen molar-refractivity contribution in [3.63, 3.8) is 0 Å². The number of benzene rings is 1. The Balaban J connectivity index is 1.75. The van der Waals surface area contributed by atoms with E-state index in [4.69, 9.17) is 0 Å². The molecule has 2 fully saturated rings. The molecule has 1 aliphatic carbocycles. The second-order valence-corrected chi connectivity index (χ2v) is 6.00. The van der Waals surface area contributed by atoms with Crippen molar-refractivity contribution in [3.05, 3.63) is 29.6 Å². The molecule has 1 saturated carbocycles. The Kier molecular flexibility index (Phi) is 3.74. The zero-order chi connectivity index (χ0) is 13.2. The van der Waals surface area contributed by atoms with E-state index in [1.54, 1.807) is 0 Å². The third-order valence-corrected chi connectivity index (χ3v) is 4.77. The molecule has 1 saturated heterocycles. The maximum atomic E-state index is 13.3. The molecule has 0 amide bonds. The van der Waals surface area contributed by atoms with Gasteiger partial charge in [0.25, 0.3) is 0 Å². The molecule has 2 atom stereocenters. The average Bonchev–Trinajstić information content (AvgIpc) is 2.43. The van der Waals surface area contributed by atoms with Gasteiger partial charge in [0.1, 0.15) is 11.6 Å². The Morgan fingerprint density at radius 1 is 1.16 bits per heavy atom. The van der Waals surface area contributed by atoms with Crippen LogP contribution in [0.3, 0.4) is 0 Å². The Bertz CT molecular complexity index is 446. The lowest BCUT2D eigenvalue weighted by Gasteiger charge is -2.44. The van der Waals surface area contributed by atoms with Gasteiger partial charge in [-0.2, -0.15) is 0 Å². The van der Waals surface area contributed by atoms with E-state index in [0.29, 0.717) is 12.6 Å². The van der Waals surface area contributed by atoms with Crippen LogP contribution in [-0.4, -0.2) is 22.6 Å². The third kappa shape index (κ3) is 2.76. The lowest BCUT2D eigenvalue weighted by Crippen LogP contribution is -2.46. The summed E-state index contributed by atoms with van der Waals surface area (Å²) in [6, 6.07) is 4.90. The highest BCUT2D eigenvalue weighted by atomic mass is 19.1. The fourth-order valence-electron chi connectivity index (χ4n) is 3.82. The summed E-state index contributed by atoms with van der Waals surface area (Å²) in [5, 5.41) is 9.87. The Morgan fingerprint density at radius 3 is 2.84 bits per heavy atom. The highest BCUT2D eigenvalue weighted by Gasteiger charge is 2.33. The van der Waals surface area contributed by atoms with Gasteiger partial charge in [0, 0.05) is 18.2 Å². The predicted octanol–water partition coefficient (Wildman–Crippen LogP) is 3.69. The minimum atomic E-state index is -0.259. The summed E-state index contributed by atoms with van der Waals surface area (Å²) in [5.74, 6) is 0.780. The van der Waals surface area contributed by atoms with Crippen LogP contribution in [0.15, 0.2) is 18.2 Å². The molecular weight excluding hydrogens is 241 g/mol. The molecule has 104 valence electrons. The van der Waals surface area contributed by atoms with Gasteiger partial charge in [-0.3, -0.25) is 4.90 Å². The van der Waals surface area contributed by atoms with Gasteiger partial charge < -0.3 is 5.11 Å². The lowest BCUT2D eigenvalue weighted by atomic mass is 9.78. The molecule has 2 aliphatic rings. The van der Waals surface area contributed by atoms with Crippen LogP contribution in [-0.2, 0) is 6.54 Å². The largest absolute Gasteiger partial charge is 0.508 e. The van der Waals surface area contributed by atoms with Gasteiger partial charge in [-0.1, -0.05) is 12.8 Å². The van der Waals surface area contributed by atoms with Crippen LogP contribution >= 0.6 is 0 Å². The molecular formula is C16H22FNO. The van der Waals surface area contributed by atoms with Crippen molar-refractivity contribution < 1.29 is 9.50 Å². The summed E-state index contributed by atoms with van der Waals surface area (Å²) in [7, 11) is 0. The van der Waals surface area contributed by atoms with E-state index in [-0.39, 0.29) is 11.6 Å². The molecule has 1 aliphatic heterocycles. The van der Waals surface area contributed by atoms with Crippen molar-refractivity contribution >= 4 is 0 Å². The molecule has 1 N–H and O–H groups in total. The predicted molar refractivity (Wildman–Crippen MR) is 73.5 cm³/mol. The number of aromatic hydroxyl groups is 1. The monoisotopic (exact) mass is 263 g/mol. The van der Waals surface area contributed by atoms with E-state index in [1.807, 2.05) is 0 Å². The van der Waals surface area contributed by atoms with E-state index in [0.717, 1.165) is 18.0 Å². The minimum Gasteiger partial charge on any atom is -0.508 e. The number of hydrogen-bond acceptors (Lipinski definition) is 2. The molecule has 0 spiro atoms. The van der Waals surface area contributed by atoms with Crippen molar-refractivity contribution in [1.82, 2.24) is 4.90 Å². The molecule has 0 radical (unpaired) electrons. The molecule has 0 bridgehead atoms. The smallest absolute Gasteiger partial charge is 0.123 e. The number of fused-ring (bicyclic) bond motifs is 1. The first-order valence-electron chi connectivity index (χ1n) is 7.45. The standard InChI is InChI=1S/C16H22FNO/c17-14-7-8-16(19)13(10-14)11-18-9-3-5-12-4-1-2-6-15(12)18/h7-8,10,12,15,19H,1-6,9,11H2/t12-,15-/m1/s1. The minimum absolute atomic E-state index is 0.222. The molecule has 1 aromatic rings. The zero-order valence-corrected chi connectivity index (χ0v) is 11.3. The van der Waals surface area contributed by atoms with Crippen molar-refractivity contribution in [2.75, 3.05) is 6.54 Å². The van der Waals surface area contributed by atoms with Gasteiger partial charge in [0.2, 0.25) is 0 Å². The topological polar surface area (TPSA) is 23.5 Å². The number of phenols is 1. The first-order chi connectivity index (χ1) is 9.24. The molecule has 3 heteroatoms. The zero-order valence-electron chi connectivity index (χ0n) is 11.3. The van der Waals surface area contributed by atoms with E-state index in [9.17, 15) is 9.50 Å². The number of nitrogens with zero attached hydrogens (tertiary/aromatic N) is 1. The number of piperidine rings is 1. The first kappa shape index (κ1) is 12.9. The van der Waals surface area contributed by atoms with Crippen LogP contribution in [0.25, 0.3) is 0 Å². The lowest BCUT2D eigenvalue weighted by molar-refractivity contribution is 0.0541. The summed E-state index contributed by atoms with van der Waals surface area (Å²) in [5.41, 5.74) is 0.728. The van der Waals surface area contributed by atoms with Gasteiger partial charge in [-0.15, -0.1) is 0 Å². The summed E-state index contributed by atoms with van der Waals surface area (Å²) in [6.07, 6.45) is 7.86. The highest BCUT2D eigenvalue weighted by Crippen LogP contribution is 2.36. The van der Waals surface area contributed by atoms with Crippen LogP contribution in [0.5, 0.6) is 5.75 Å². The maximum Gasteiger partial charge on any atom is 0.123 e. The highest BCUT2D eigenvalue weighted by molar-refractivity contribution is 5.32.